The van der Waals surface area contributed by atoms with Gasteiger partial charge in [0.2, 0.25) is 0 Å². The van der Waals surface area contributed by atoms with Crippen LogP contribution in [0, 0.1) is 22.7 Å². The fourth-order valence-corrected chi connectivity index (χ4v) is 4.88. The van der Waals surface area contributed by atoms with Crippen LogP contribution in [-0.4, -0.2) is 12.5 Å². The summed E-state index contributed by atoms with van der Waals surface area (Å²) in [6.45, 7) is 3.99. The van der Waals surface area contributed by atoms with Crippen molar-refractivity contribution in [1.82, 2.24) is 0 Å². The zero-order valence-electron chi connectivity index (χ0n) is 15.6. The van der Waals surface area contributed by atoms with Crippen LogP contribution in [0.25, 0.3) is 6.08 Å². The molecule has 1 aliphatic rings. The van der Waals surface area contributed by atoms with E-state index in [0.717, 1.165) is 36.1 Å². The van der Waals surface area contributed by atoms with Gasteiger partial charge in [0.25, 0.3) is 5.91 Å². The Morgan fingerprint density at radius 3 is 2.83 bits per heavy atom. The maximum atomic E-state index is 12.7. The lowest BCUT2D eigenvalue weighted by Crippen LogP contribution is -2.13. The fourth-order valence-electron chi connectivity index (χ4n) is 3.13. The summed E-state index contributed by atoms with van der Waals surface area (Å²) in [5.41, 5.74) is 2.22. The minimum Gasteiger partial charge on any atom is -0.488 e. The van der Waals surface area contributed by atoms with E-state index in [1.54, 1.807) is 24.3 Å². The average molecular weight is 468 g/mol. The predicted molar refractivity (Wildman–Crippen MR) is 118 cm³/mol. The number of amides is 1. The van der Waals surface area contributed by atoms with E-state index in [0.29, 0.717) is 33.0 Å². The number of nitrogens with zero attached hydrogens (tertiary/aromatic N) is 2. The highest BCUT2D eigenvalue weighted by atomic mass is 79.9. The Balaban J connectivity index is 1.82. The third-order valence-corrected chi connectivity index (χ3v) is 6.33. The predicted octanol–water partition coefficient (Wildman–Crippen LogP) is 5.37. The average Bonchev–Trinajstić information content (AvgIpc) is 3.08. The summed E-state index contributed by atoms with van der Waals surface area (Å²) in [6, 6.07) is 9.45. The van der Waals surface area contributed by atoms with Crippen molar-refractivity contribution in [1.29, 1.82) is 10.5 Å². The molecule has 0 bridgehead atoms. The minimum absolute atomic E-state index is 0.0353. The number of hydrogen-bond acceptors (Lipinski definition) is 5. The Bertz CT molecular complexity index is 1070. The van der Waals surface area contributed by atoms with Crippen molar-refractivity contribution in [3.05, 3.63) is 62.5 Å². The van der Waals surface area contributed by atoms with Crippen LogP contribution < -0.4 is 10.1 Å². The zero-order valence-corrected chi connectivity index (χ0v) is 18.0. The third-order valence-electron chi connectivity index (χ3n) is 4.50. The molecule has 1 aromatic heterocycles. The van der Waals surface area contributed by atoms with Gasteiger partial charge in [-0.05, 0) is 70.9 Å². The van der Waals surface area contributed by atoms with Crippen molar-refractivity contribution < 1.29 is 9.53 Å². The molecule has 0 fully saturated rings. The van der Waals surface area contributed by atoms with Gasteiger partial charge < -0.3 is 10.1 Å². The zero-order chi connectivity index (χ0) is 20.8. The van der Waals surface area contributed by atoms with Crippen molar-refractivity contribution in [3.8, 4) is 17.9 Å². The highest BCUT2D eigenvalue weighted by Gasteiger charge is 2.22. The van der Waals surface area contributed by atoms with E-state index in [1.807, 2.05) is 6.07 Å². The number of benzene rings is 1. The second-order valence-electron chi connectivity index (χ2n) is 6.44. The Labute approximate surface area is 182 Å². The van der Waals surface area contributed by atoms with Crippen molar-refractivity contribution in [3.63, 3.8) is 0 Å². The first-order chi connectivity index (χ1) is 14.1. The largest absolute Gasteiger partial charge is 0.488 e. The number of thiophene rings is 1. The number of carbonyl (C=O) groups is 1. The number of nitriles is 2. The molecule has 5 nitrogen and oxygen atoms in total. The fraction of sp³-hybridized carbons (Fsp3) is 0.227. The van der Waals surface area contributed by atoms with E-state index in [2.05, 4.69) is 33.9 Å². The highest BCUT2D eigenvalue weighted by molar-refractivity contribution is 9.10. The molecular formula is C22H18BrN3O2S. The van der Waals surface area contributed by atoms with E-state index in [1.165, 1.54) is 17.4 Å². The first kappa shape index (κ1) is 20.9. The van der Waals surface area contributed by atoms with E-state index in [9.17, 15) is 15.3 Å². The van der Waals surface area contributed by atoms with Gasteiger partial charge in [0.1, 0.15) is 35.1 Å². The molecule has 0 unspecified atom stereocenters. The van der Waals surface area contributed by atoms with Gasteiger partial charge in [-0.15, -0.1) is 11.3 Å². The van der Waals surface area contributed by atoms with Gasteiger partial charge in [0.05, 0.1) is 10.0 Å². The molecule has 0 spiro atoms. The standard InChI is InChI=1S/C22H18BrN3O2S/c1-2-9-28-19-8-7-14(11-18(19)23)10-15(12-24)21(27)26-22-17(13-25)16-5-3-4-6-20(16)29-22/h2,7-8,10-11H,1,3-6,9H2,(H,26,27)/b15-10+. The summed E-state index contributed by atoms with van der Waals surface area (Å²) in [6.07, 6.45) is 7.10. The van der Waals surface area contributed by atoms with Crippen molar-refractivity contribution in [2.24, 2.45) is 0 Å². The van der Waals surface area contributed by atoms with Gasteiger partial charge in [-0.1, -0.05) is 18.7 Å². The van der Waals surface area contributed by atoms with Crippen LogP contribution in [0.15, 0.2) is 40.9 Å². The molecule has 0 atom stereocenters. The van der Waals surface area contributed by atoms with Crippen LogP contribution in [0.2, 0.25) is 0 Å². The number of ether oxygens (including phenoxy) is 1. The van der Waals surface area contributed by atoms with Crippen LogP contribution in [0.3, 0.4) is 0 Å². The SMILES string of the molecule is C=CCOc1ccc(/C=C(\C#N)C(=O)Nc2sc3c(c2C#N)CCCC3)cc1Br. The monoisotopic (exact) mass is 467 g/mol. The number of anilines is 1. The topological polar surface area (TPSA) is 85.9 Å². The van der Waals surface area contributed by atoms with Gasteiger partial charge in [-0.2, -0.15) is 10.5 Å². The maximum Gasteiger partial charge on any atom is 0.266 e. The Morgan fingerprint density at radius 2 is 2.14 bits per heavy atom. The number of carbonyl (C=O) groups excluding carboxylic acids is 1. The highest BCUT2D eigenvalue weighted by Crippen LogP contribution is 2.37. The maximum absolute atomic E-state index is 12.7. The molecule has 0 aliphatic heterocycles. The molecule has 1 N–H and O–H groups in total. The molecule has 0 saturated heterocycles. The van der Waals surface area contributed by atoms with E-state index < -0.39 is 5.91 Å². The van der Waals surface area contributed by atoms with Crippen LogP contribution in [0.5, 0.6) is 5.75 Å². The van der Waals surface area contributed by atoms with Crippen LogP contribution in [0.4, 0.5) is 5.00 Å². The van der Waals surface area contributed by atoms with Crippen LogP contribution >= 0.6 is 27.3 Å². The summed E-state index contributed by atoms with van der Waals surface area (Å²) >= 11 is 4.86. The van der Waals surface area contributed by atoms with Gasteiger partial charge >= 0.3 is 0 Å². The number of halogens is 1. The Kier molecular flexibility index (Phi) is 6.87. The van der Waals surface area contributed by atoms with Crippen LogP contribution in [-0.2, 0) is 17.6 Å². The first-order valence-electron chi connectivity index (χ1n) is 9.08. The molecule has 1 aliphatic carbocycles. The summed E-state index contributed by atoms with van der Waals surface area (Å²) in [7, 11) is 0. The molecule has 1 aromatic carbocycles. The lowest BCUT2D eigenvalue weighted by molar-refractivity contribution is -0.112. The number of hydrogen-bond donors (Lipinski definition) is 1. The lowest BCUT2D eigenvalue weighted by Gasteiger charge is -2.09. The minimum atomic E-state index is -0.522. The van der Waals surface area contributed by atoms with Gasteiger partial charge in [0, 0.05) is 4.88 Å². The number of aryl methyl sites for hydroxylation is 1. The molecule has 3 rings (SSSR count). The molecule has 2 aromatic rings. The summed E-state index contributed by atoms with van der Waals surface area (Å²) < 4.78 is 6.22. The van der Waals surface area contributed by atoms with Gasteiger partial charge in [0.15, 0.2) is 0 Å². The first-order valence-corrected chi connectivity index (χ1v) is 10.7. The molecule has 146 valence electrons. The van der Waals surface area contributed by atoms with E-state index in [-0.39, 0.29) is 5.57 Å². The third kappa shape index (κ3) is 4.76. The molecule has 7 heteroatoms. The van der Waals surface area contributed by atoms with Crippen molar-refractivity contribution in [2.75, 3.05) is 11.9 Å². The number of rotatable bonds is 6. The molecule has 29 heavy (non-hydrogen) atoms. The summed E-state index contributed by atoms with van der Waals surface area (Å²) in [5.74, 6) is 0.124. The summed E-state index contributed by atoms with van der Waals surface area (Å²) in [5, 5.41) is 22.3. The lowest BCUT2D eigenvalue weighted by atomic mass is 9.96. The van der Waals surface area contributed by atoms with Crippen LogP contribution in [0.1, 0.15) is 34.4 Å². The normalized spacial score (nSPS) is 13.0. The molecule has 1 amide bonds. The van der Waals surface area contributed by atoms with Gasteiger partial charge in [-0.25, -0.2) is 0 Å². The molecule has 0 saturated carbocycles. The second-order valence-corrected chi connectivity index (χ2v) is 8.40. The number of nitrogens with one attached hydrogen (secondary N) is 1. The summed E-state index contributed by atoms with van der Waals surface area (Å²) in [4.78, 5) is 13.8. The van der Waals surface area contributed by atoms with Crippen molar-refractivity contribution in [2.45, 2.75) is 25.7 Å². The van der Waals surface area contributed by atoms with Gasteiger partial charge in [-0.3, -0.25) is 4.79 Å². The van der Waals surface area contributed by atoms with Crippen molar-refractivity contribution >= 4 is 44.3 Å². The quantitative estimate of drug-likeness (QED) is 0.351. The second kappa shape index (κ2) is 9.56. The Hall–Kier alpha value is -2.87. The smallest absolute Gasteiger partial charge is 0.266 e. The van der Waals surface area contributed by atoms with E-state index >= 15 is 0 Å². The van der Waals surface area contributed by atoms with E-state index in [4.69, 9.17) is 4.74 Å². The molecule has 1 heterocycles. The Morgan fingerprint density at radius 1 is 1.34 bits per heavy atom. The molecular weight excluding hydrogens is 450 g/mol. The molecule has 0 radical (unpaired) electrons. The number of fused-ring (bicyclic) bond motifs is 1.